The van der Waals surface area contributed by atoms with Crippen LogP contribution in [0.2, 0.25) is 0 Å². The summed E-state index contributed by atoms with van der Waals surface area (Å²) in [6.07, 6.45) is 0. The highest BCUT2D eigenvalue weighted by atomic mass is 16.5. The lowest BCUT2D eigenvalue weighted by atomic mass is 9.98. The van der Waals surface area contributed by atoms with Gasteiger partial charge in [0.1, 0.15) is 5.69 Å². The summed E-state index contributed by atoms with van der Waals surface area (Å²) in [4.78, 5) is 0. The van der Waals surface area contributed by atoms with E-state index in [-0.39, 0.29) is 0 Å². The number of nitrogens with zero attached hydrogens (tertiary/aromatic N) is 1. The largest absolute Gasteiger partial charge is 0.356 e. The fourth-order valence-electron chi connectivity index (χ4n) is 2.28. The van der Waals surface area contributed by atoms with Crippen LogP contribution in [0.4, 0.5) is 0 Å². The highest BCUT2D eigenvalue weighted by Gasteiger charge is 2.13. The van der Waals surface area contributed by atoms with E-state index in [4.69, 9.17) is 10.3 Å². The van der Waals surface area contributed by atoms with Crippen LogP contribution in [0.15, 0.2) is 47.0 Å². The second-order valence-corrected chi connectivity index (χ2v) is 4.33. The number of hydrogen-bond donors (Lipinski definition) is 1. The molecule has 2 N–H and O–H groups in total. The molecule has 0 saturated carbocycles. The Morgan fingerprint density at radius 1 is 1.11 bits per heavy atom. The van der Waals surface area contributed by atoms with Crippen LogP contribution in [0, 0.1) is 6.92 Å². The molecule has 0 unspecified atom stereocenters. The monoisotopic (exact) mass is 238 g/mol. The van der Waals surface area contributed by atoms with E-state index in [9.17, 15) is 0 Å². The molecule has 0 aliphatic carbocycles. The average Bonchev–Trinajstić information content (AvgIpc) is 2.82. The van der Waals surface area contributed by atoms with Gasteiger partial charge in [0.2, 0.25) is 0 Å². The summed E-state index contributed by atoms with van der Waals surface area (Å²) in [6.45, 7) is 2.57. The number of nitrogens with two attached hydrogens (primary N) is 1. The Bertz CT molecular complexity index is 701. The number of rotatable bonds is 2. The highest BCUT2D eigenvalue weighted by Crippen LogP contribution is 2.31. The van der Waals surface area contributed by atoms with Crippen LogP contribution in [0.25, 0.3) is 22.2 Å². The Morgan fingerprint density at radius 3 is 2.78 bits per heavy atom. The van der Waals surface area contributed by atoms with Crippen LogP contribution in [0.3, 0.4) is 0 Å². The fraction of sp³-hybridized carbons (Fsp3) is 0.133. The molecule has 0 bridgehead atoms. The fourth-order valence-corrected chi connectivity index (χ4v) is 2.28. The van der Waals surface area contributed by atoms with Crippen LogP contribution in [-0.4, -0.2) is 5.16 Å². The minimum Gasteiger partial charge on any atom is -0.356 e. The first-order valence-electron chi connectivity index (χ1n) is 5.94. The van der Waals surface area contributed by atoms with E-state index < -0.39 is 0 Å². The summed E-state index contributed by atoms with van der Waals surface area (Å²) >= 11 is 0. The van der Waals surface area contributed by atoms with Crippen molar-refractivity contribution in [3.63, 3.8) is 0 Å². The second-order valence-electron chi connectivity index (χ2n) is 4.33. The summed E-state index contributed by atoms with van der Waals surface area (Å²) in [5, 5.41) is 5.21. The maximum atomic E-state index is 5.84. The minimum atomic E-state index is 0.503. The van der Waals surface area contributed by atoms with E-state index >= 15 is 0 Å². The van der Waals surface area contributed by atoms with Crippen molar-refractivity contribution in [3.05, 3.63) is 53.6 Å². The maximum absolute atomic E-state index is 5.84. The van der Waals surface area contributed by atoms with Gasteiger partial charge in [-0.25, -0.2) is 0 Å². The standard InChI is InChI=1S/C15H14N2O/c1-10-5-4-7-11(13(10)9-16)15-12-6-2-3-8-14(12)18-17-15/h2-8H,9,16H2,1H3. The van der Waals surface area contributed by atoms with Crippen molar-refractivity contribution in [3.8, 4) is 11.3 Å². The zero-order valence-corrected chi connectivity index (χ0v) is 10.2. The van der Waals surface area contributed by atoms with Gasteiger partial charge in [-0.15, -0.1) is 0 Å². The van der Waals surface area contributed by atoms with Gasteiger partial charge in [-0.1, -0.05) is 35.5 Å². The lowest BCUT2D eigenvalue weighted by Crippen LogP contribution is -2.01. The summed E-state index contributed by atoms with van der Waals surface area (Å²) in [5.41, 5.74) is 10.9. The SMILES string of the molecule is Cc1cccc(-c2noc3ccccc23)c1CN. The van der Waals surface area contributed by atoms with E-state index in [0.717, 1.165) is 27.8 Å². The van der Waals surface area contributed by atoms with Gasteiger partial charge in [0.05, 0.1) is 0 Å². The van der Waals surface area contributed by atoms with Gasteiger partial charge in [0, 0.05) is 17.5 Å². The van der Waals surface area contributed by atoms with Crippen LogP contribution in [0.1, 0.15) is 11.1 Å². The van der Waals surface area contributed by atoms with Crippen LogP contribution in [-0.2, 0) is 6.54 Å². The predicted octanol–water partition coefficient (Wildman–Crippen LogP) is 3.26. The highest BCUT2D eigenvalue weighted by molar-refractivity contribution is 5.92. The molecule has 3 aromatic rings. The van der Waals surface area contributed by atoms with Gasteiger partial charge in [0.25, 0.3) is 0 Å². The van der Waals surface area contributed by atoms with Gasteiger partial charge < -0.3 is 10.3 Å². The molecule has 90 valence electrons. The van der Waals surface area contributed by atoms with E-state index in [1.165, 1.54) is 5.56 Å². The van der Waals surface area contributed by atoms with Crippen LogP contribution >= 0.6 is 0 Å². The normalized spacial score (nSPS) is 11.0. The van der Waals surface area contributed by atoms with Gasteiger partial charge in [-0.05, 0) is 30.2 Å². The first-order valence-corrected chi connectivity index (χ1v) is 5.94. The Balaban J connectivity index is 2.30. The average molecular weight is 238 g/mol. The molecule has 0 fully saturated rings. The van der Waals surface area contributed by atoms with Crippen molar-refractivity contribution >= 4 is 11.0 Å². The topological polar surface area (TPSA) is 52.0 Å². The van der Waals surface area contributed by atoms with Crippen LogP contribution < -0.4 is 5.73 Å². The van der Waals surface area contributed by atoms with Crippen molar-refractivity contribution in [2.24, 2.45) is 5.73 Å². The van der Waals surface area contributed by atoms with E-state index in [2.05, 4.69) is 18.1 Å². The molecule has 1 aromatic heterocycles. The maximum Gasteiger partial charge on any atom is 0.167 e. The van der Waals surface area contributed by atoms with E-state index in [1.807, 2.05) is 36.4 Å². The molecular weight excluding hydrogens is 224 g/mol. The number of aromatic nitrogens is 1. The molecule has 0 amide bonds. The molecule has 3 heteroatoms. The summed E-state index contributed by atoms with van der Waals surface area (Å²) in [7, 11) is 0. The summed E-state index contributed by atoms with van der Waals surface area (Å²) in [5.74, 6) is 0. The third kappa shape index (κ3) is 1.60. The van der Waals surface area contributed by atoms with Crippen molar-refractivity contribution in [2.75, 3.05) is 0 Å². The Hall–Kier alpha value is -2.13. The van der Waals surface area contributed by atoms with Gasteiger partial charge in [0.15, 0.2) is 5.58 Å². The number of hydrogen-bond acceptors (Lipinski definition) is 3. The van der Waals surface area contributed by atoms with Crippen molar-refractivity contribution in [1.29, 1.82) is 0 Å². The molecule has 1 heterocycles. The lowest BCUT2D eigenvalue weighted by Gasteiger charge is -2.08. The predicted molar refractivity (Wildman–Crippen MR) is 72.1 cm³/mol. The lowest BCUT2D eigenvalue weighted by molar-refractivity contribution is 0.459. The zero-order chi connectivity index (χ0) is 12.5. The van der Waals surface area contributed by atoms with E-state index in [1.54, 1.807) is 0 Å². The molecule has 18 heavy (non-hydrogen) atoms. The molecule has 0 radical (unpaired) electrons. The van der Waals surface area contributed by atoms with Gasteiger partial charge in [-0.3, -0.25) is 0 Å². The Morgan fingerprint density at radius 2 is 1.94 bits per heavy atom. The zero-order valence-electron chi connectivity index (χ0n) is 10.2. The molecule has 0 aliphatic heterocycles. The molecule has 2 aromatic carbocycles. The third-order valence-electron chi connectivity index (χ3n) is 3.25. The third-order valence-corrected chi connectivity index (χ3v) is 3.25. The number of fused-ring (bicyclic) bond motifs is 1. The van der Waals surface area contributed by atoms with Gasteiger partial charge >= 0.3 is 0 Å². The smallest absolute Gasteiger partial charge is 0.167 e. The van der Waals surface area contributed by atoms with Crippen molar-refractivity contribution in [2.45, 2.75) is 13.5 Å². The summed E-state index contributed by atoms with van der Waals surface area (Å²) in [6, 6.07) is 14.0. The second kappa shape index (κ2) is 4.27. The molecule has 0 saturated heterocycles. The van der Waals surface area contributed by atoms with Gasteiger partial charge in [-0.2, -0.15) is 0 Å². The summed E-state index contributed by atoms with van der Waals surface area (Å²) < 4.78 is 5.35. The van der Waals surface area contributed by atoms with E-state index in [0.29, 0.717) is 6.54 Å². The molecule has 3 rings (SSSR count). The molecule has 0 aliphatic rings. The Labute approximate surface area is 105 Å². The Kier molecular flexibility index (Phi) is 2.61. The number of para-hydroxylation sites is 1. The molecule has 0 atom stereocenters. The first kappa shape index (κ1) is 11.0. The first-order chi connectivity index (χ1) is 8.81. The molecule has 0 spiro atoms. The molecular formula is C15H14N2O. The quantitative estimate of drug-likeness (QED) is 0.745. The van der Waals surface area contributed by atoms with Crippen molar-refractivity contribution < 1.29 is 4.52 Å². The minimum absolute atomic E-state index is 0.503. The van der Waals surface area contributed by atoms with Crippen LogP contribution in [0.5, 0.6) is 0 Å². The number of benzene rings is 2. The number of aryl methyl sites for hydroxylation is 1. The molecule has 3 nitrogen and oxygen atoms in total. The van der Waals surface area contributed by atoms with Crippen molar-refractivity contribution in [1.82, 2.24) is 5.16 Å².